The van der Waals surface area contributed by atoms with Gasteiger partial charge in [0.05, 0.1) is 11.3 Å². The molecule has 0 atom stereocenters. The lowest BCUT2D eigenvalue weighted by Crippen LogP contribution is -2.13. The van der Waals surface area contributed by atoms with E-state index in [1.807, 2.05) is 6.92 Å². The molecule has 6 nitrogen and oxygen atoms in total. The SMILES string of the molecule is CCNc1nnc(SCC(=O)Nc2sc3c(c2C#N)CCC3)s1. The van der Waals surface area contributed by atoms with E-state index in [-0.39, 0.29) is 11.7 Å². The number of anilines is 2. The van der Waals surface area contributed by atoms with Crippen molar-refractivity contribution in [3.8, 4) is 6.07 Å². The van der Waals surface area contributed by atoms with Gasteiger partial charge in [0.25, 0.3) is 0 Å². The highest BCUT2D eigenvalue weighted by Crippen LogP contribution is 2.38. The van der Waals surface area contributed by atoms with Crippen LogP contribution in [0.15, 0.2) is 4.34 Å². The van der Waals surface area contributed by atoms with Crippen LogP contribution in [0.3, 0.4) is 0 Å². The number of rotatable bonds is 6. The zero-order valence-electron chi connectivity index (χ0n) is 12.5. The Labute approximate surface area is 146 Å². The van der Waals surface area contributed by atoms with Gasteiger partial charge < -0.3 is 10.6 Å². The number of carbonyl (C=O) groups excluding carboxylic acids is 1. The summed E-state index contributed by atoms with van der Waals surface area (Å²) in [6.07, 6.45) is 3.06. The fraction of sp³-hybridized carbons (Fsp3) is 0.429. The summed E-state index contributed by atoms with van der Waals surface area (Å²) >= 11 is 4.32. The summed E-state index contributed by atoms with van der Waals surface area (Å²) in [5.41, 5.74) is 1.77. The van der Waals surface area contributed by atoms with Crippen LogP contribution in [-0.4, -0.2) is 28.4 Å². The van der Waals surface area contributed by atoms with Crippen LogP contribution >= 0.6 is 34.4 Å². The summed E-state index contributed by atoms with van der Waals surface area (Å²) in [4.78, 5) is 13.4. The smallest absolute Gasteiger partial charge is 0.235 e. The second-order valence-electron chi connectivity index (χ2n) is 4.91. The van der Waals surface area contributed by atoms with E-state index < -0.39 is 0 Å². The van der Waals surface area contributed by atoms with Crippen molar-refractivity contribution in [2.24, 2.45) is 0 Å². The van der Waals surface area contributed by atoms with Gasteiger partial charge in [0.1, 0.15) is 11.1 Å². The lowest BCUT2D eigenvalue weighted by Gasteiger charge is -2.02. The minimum Gasteiger partial charge on any atom is -0.360 e. The summed E-state index contributed by atoms with van der Waals surface area (Å²) in [6, 6.07) is 2.23. The van der Waals surface area contributed by atoms with Crippen LogP contribution in [0, 0.1) is 11.3 Å². The van der Waals surface area contributed by atoms with Crippen molar-refractivity contribution in [3.63, 3.8) is 0 Å². The Balaban J connectivity index is 1.58. The molecule has 3 rings (SSSR count). The number of thiophene rings is 1. The monoisotopic (exact) mass is 365 g/mol. The van der Waals surface area contributed by atoms with E-state index in [4.69, 9.17) is 0 Å². The molecule has 1 aliphatic rings. The Morgan fingerprint density at radius 3 is 3.04 bits per heavy atom. The first-order chi connectivity index (χ1) is 11.2. The maximum atomic E-state index is 12.1. The highest BCUT2D eigenvalue weighted by molar-refractivity contribution is 8.01. The van der Waals surface area contributed by atoms with E-state index in [2.05, 4.69) is 26.9 Å². The Morgan fingerprint density at radius 2 is 2.26 bits per heavy atom. The van der Waals surface area contributed by atoms with Gasteiger partial charge in [-0.3, -0.25) is 4.79 Å². The van der Waals surface area contributed by atoms with E-state index >= 15 is 0 Å². The second kappa shape index (κ2) is 7.29. The molecular formula is C14H15N5OS3. The summed E-state index contributed by atoms with van der Waals surface area (Å²) in [5.74, 6) is 0.139. The summed E-state index contributed by atoms with van der Waals surface area (Å²) in [5, 5.41) is 24.8. The molecule has 0 fully saturated rings. The molecule has 2 N–H and O–H groups in total. The van der Waals surface area contributed by atoms with Crippen molar-refractivity contribution in [1.29, 1.82) is 5.26 Å². The van der Waals surface area contributed by atoms with Crippen LogP contribution in [0.2, 0.25) is 0 Å². The van der Waals surface area contributed by atoms with E-state index in [9.17, 15) is 10.1 Å². The molecule has 1 aliphatic carbocycles. The minimum atomic E-state index is -0.119. The van der Waals surface area contributed by atoms with Crippen LogP contribution in [-0.2, 0) is 17.6 Å². The molecule has 0 radical (unpaired) electrons. The third-order valence-corrected chi connectivity index (χ3v) is 6.57. The quantitative estimate of drug-likeness (QED) is 0.764. The number of thioether (sulfide) groups is 1. The fourth-order valence-corrected chi connectivity index (χ4v) is 5.27. The van der Waals surface area contributed by atoms with Crippen molar-refractivity contribution < 1.29 is 4.79 Å². The molecule has 23 heavy (non-hydrogen) atoms. The number of fused-ring (bicyclic) bond motifs is 1. The summed E-state index contributed by atoms with van der Waals surface area (Å²) in [6.45, 7) is 2.78. The number of nitrogens with one attached hydrogen (secondary N) is 2. The van der Waals surface area contributed by atoms with Crippen LogP contribution in [0.5, 0.6) is 0 Å². The molecule has 0 spiro atoms. The van der Waals surface area contributed by atoms with Crippen LogP contribution in [0.1, 0.15) is 29.3 Å². The van der Waals surface area contributed by atoms with Crippen molar-refractivity contribution in [1.82, 2.24) is 10.2 Å². The van der Waals surface area contributed by atoms with Crippen molar-refractivity contribution >= 4 is 50.5 Å². The van der Waals surface area contributed by atoms with Crippen molar-refractivity contribution in [2.45, 2.75) is 30.5 Å². The Bertz CT molecular complexity index is 761. The predicted molar refractivity (Wildman–Crippen MR) is 94.5 cm³/mol. The molecule has 2 aromatic rings. The Morgan fingerprint density at radius 1 is 1.39 bits per heavy atom. The first kappa shape index (κ1) is 16.2. The molecule has 120 valence electrons. The van der Waals surface area contributed by atoms with Crippen LogP contribution in [0.4, 0.5) is 10.1 Å². The molecule has 2 heterocycles. The number of nitrogens with zero attached hydrogens (tertiary/aromatic N) is 3. The third-order valence-electron chi connectivity index (χ3n) is 3.35. The third kappa shape index (κ3) is 3.65. The minimum absolute atomic E-state index is 0.119. The van der Waals surface area contributed by atoms with E-state index in [0.29, 0.717) is 10.6 Å². The van der Waals surface area contributed by atoms with E-state index in [0.717, 1.165) is 40.8 Å². The Kier molecular flexibility index (Phi) is 5.15. The number of carbonyl (C=O) groups is 1. The number of aromatic nitrogens is 2. The van der Waals surface area contributed by atoms with Crippen molar-refractivity contribution in [3.05, 3.63) is 16.0 Å². The molecule has 9 heteroatoms. The highest BCUT2D eigenvalue weighted by Gasteiger charge is 2.23. The normalized spacial score (nSPS) is 12.7. The van der Waals surface area contributed by atoms with Gasteiger partial charge in [-0.25, -0.2) is 0 Å². The molecule has 0 aromatic carbocycles. The predicted octanol–water partition coefficient (Wildman–Crippen LogP) is 3.12. The maximum Gasteiger partial charge on any atom is 0.235 e. The van der Waals surface area contributed by atoms with Gasteiger partial charge in [-0.1, -0.05) is 23.1 Å². The molecule has 0 bridgehead atoms. The second-order valence-corrected chi connectivity index (χ2v) is 8.22. The number of hydrogen-bond acceptors (Lipinski definition) is 8. The van der Waals surface area contributed by atoms with Gasteiger partial charge in [-0.05, 0) is 31.7 Å². The number of nitriles is 1. The number of amides is 1. The van der Waals surface area contributed by atoms with Crippen molar-refractivity contribution in [2.75, 3.05) is 22.9 Å². The first-order valence-corrected chi connectivity index (χ1v) is 9.87. The molecule has 1 amide bonds. The molecular weight excluding hydrogens is 350 g/mol. The molecule has 2 aromatic heterocycles. The van der Waals surface area contributed by atoms with Gasteiger partial charge in [-0.2, -0.15) is 5.26 Å². The topological polar surface area (TPSA) is 90.7 Å². The molecule has 0 unspecified atom stereocenters. The first-order valence-electron chi connectivity index (χ1n) is 7.26. The van der Waals surface area contributed by atoms with Gasteiger partial charge >= 0.3 is 0 Å². The maximum absolute atomic E-state index is 12.1. The lowest BCUT2D eigenvalue weighted by atomic mass is 10.1. The van der Waals surface area contributed by atoms with Gasteiger partial charge in [0, 0.05) is 11.4 Å². The zero-order valence-corrected chi connectivity index (χ0v) is 15.0. The lowest BCUT2D eigenvalue weighted by molar-refractivity contribution is -0.113. The van der Waals surface area contributed by atoms with Gasteiger partial charge in [-0.15, -0.1) is 21.5 Å². The molecule has 0 saturated heterocycles. The van der Waals surface area contributed by atoms with E-state index in [1.165, 1.54) is 39.3 Å². The number of hydrogen-bond donors (Lipinski definition) is 2. The van der Waals surface area contributed by atoms with Crippen LogP contribution < -0.4 is 10.6 Å². The highest BCUT2D eigenvalue weighted by atomic mass is 32.2. The average Bonchev–Trinajstić information content (AvgIpc) is 3.21. The fourth-order valence-electron chi connectivity index (χ4n) is 2.39. The molecule has 0 aliphatic heterocycles. The van der Waals surface area contributed by atoms with Gasteiger partial charge in [0.2, 0.25) is 11.0 Å². The summed E-state index contributed by atoms with van der Waals surface area (Å²) in [7, 11) is 0. The summed E-state index contributed by atoms with van der Waals surface area (Å²) < 4.78 is 0.755. The van der Waals surface area contributed by atoms with E-state index in [1.54, 1.807) is 0 Å². The molecule has 0 saturated carbocycles. The Hall–Kier alpha value is -1.63. The zero-order chi connectivity index (χ0) is 16.2. The average molecular weight is 366 g/mol. The van der Waals surface area contributed by atoms with Gasteiger partial charge in [0.15, 0.2) is 4.34 Å². The standard InChI is InChI=1S/C14H15N5OS3/c1-2-16-13-18-19-14(23-13)21-7-11(20)17-12-9(6-15)8-4-3-5-10(8)22-12/h2-5,7H2,1H3,(H,16,18)(H,17,20). The number of aryl methyl sites for hydroxylation is 1. The largest absolute Gasteiger partial charge is 0.360 e. The van der Waals surface area contributed by atoms with Crippen LogP contribution in [0.25, 0.3) is 0 Å².